The van der Waals surface area contributed by atoms with Crippen LogP contribution in [0.2, 0.25) is 0 Å². The number of nitrogens with one attached hydrogen (secondary N) is 3. The van der Waals surface area contributed by atoms with Gasteiger partial charge >= 0.3 is 0 Å². The van der Waals surface area contributed by atoms with E-state index in [0.717, 1.165) is 5.56 Å². The highest BCUT2D eigenvalue weighted by atomic mass is 16.2. The van der Waals surface area contributed by atoms with Gasteiger partial charge in [0, 0.05) is 29.4 Å². The van der Waals surface area contributed by atoms with Gasteiger partial charge in [-0.15, -0.1) is 0 Å². The molecule has 26 heavy (non-hydrogen) atoms. The quantitative estimate of drug-likeness (QED) is 0.789. The third-order valence-corrected chi connectivity index (χ3v) is 4.26. The summed E-state index contributed by atoms with van der Waals surface area (Å²) in [6.07, 6.45) is 0.116. The van der Waals surface area contributed by atoms with Crippen molar-refractivity contribution in [3.05, 3.63) is 54.1 Å². The van der Waals surface area contributed by atoms with E-state index < -0.39 is 5.92 Å². The number of amides is 3. The molecular weight excluding hydrogens is 330 g/mol. The van der Waals surface area contributed by atoms with Crippen LogP contribution in [-0.4, -0.2) is 17.7 Å². The largest absolute Gasteiger partial charge is 0.326 e. The molecule has 1 aliphatic heterocycles. The summed E-state index contributed by atoms with van der Waals surface area (Å²) >= 11 is 0. The fourth-order valence-corrected chi connectivity index (χ4v) is 2.80. The number of para-hydroxylation sites is 1. The lowest BCUT2D eigenvalue weighted by atomic mass is 9.90. The summed E-state index contributed by atoms with van der Waals surface area (Å²) in [4.78, 5) is 36.2. The van der Waals surface area contributed by atoms with Crippen molar-refractivity contribution >= 4 is 34.8 Å². The number of carbonyl (C=O) groups excluding carboxylic acids is 3. The molecule has 0 radical (unpaired) electrons. The van der Waals surface area contributed by atoms with Crippen LogP contribution in [-0.2, 0) is 14.4 Å². The lowest BCUT2D eigenvalue weighted by molar-refractivity contribution is -0.123. The third kappa shape index (κ3) is 3.91. The summed E-state index contributed by atoms with van der Waals surface area (Å²) in [6, 6.07) is 14.2. The second-order valence-corrected chi connectivity index (χ2v) is 6.60. The van der Waals surface area contributed by atoms with Crippen LogP contribution in [0.1, 0.15) is 31.7 Å². The van der Waals surface area contributed by atoms with Crippen LogP contribution in [0.5, 0.6) is 0 Å². The Labute approximate surface area is 152 Å². The van der Waals surface area contributed by atoms with E-state index in [0.29, 0.717) is 17.1 Å². The van der Waals surface area contributed by atoms with E-state index in [1.807, 2.05) is 32.0 Å². The van der Waals surface area contributed by atoms with Gasteiger partial charge in [-0.25, -0.2) is 0 Å². The summed E-state index contributed by atoms with van der Waals surface area (Å²) < 4.78 is 0. The molecule has 2 aromatic carbocycles. The van der Waals surface area contributed by atoms with Crippen LogP contribution in [0.15, 0.2) is 48.5 Å². The summed E-state index contributed by atoms with van der Waals surface area (Å²) in [5.74, 6) is -1.10. The van der Waals surface area contributed by atoms with Gasteiger partial charge in [-0.1, -0.05) is 32.0 Å². The molecule has 0 fully saturated rings. The van der Waals surface area contributed by atoms with E-state index in [2.05, 4.69) is 16.0 Å². The van der Waals surface area contributed by atoms with Gasteiger partial charge in [-0.2, -0.15) is 0 Å². The molecule has 2 aromatic rings. The molecule has 3 amide bonds. The minimum atomic E-state index is -0.528. The lowest BCUT2D eigenvalue weighted by Gasteiger charge is -2.24. The first-order valence-corrected chi connectivity index (χ1v) is 8.54. The molecule has 1 atom stereocenters. The van der Waals surface area contributed by atoms with E-state index in [9.17, 15) is 14.4 Å². The molecule has 6 nitrogen and oxygen atoms in total. The second-order valence-electron chi connectivity index (χ2n) is 6.60. The molecule has 0 bridgehead atoms. The highest BCUT2D eigenvalue weighted by Crippen LogP contribution is 2.32. The minimum Gasteiger partial charge on any atom is -0.326 e. The predicted octanol–water partition coefficient (Wildman–Crippen LogP) is 3.35. The maximum absolute atomic E-state index is 12.7. The smallest absolute Gasteiger partial charge is 0.232 e. The number of benzene rings is 2. The summed E-state index contributed by atoms with van der Waals surface area (Å²) in [7, 11) is 0. The molecule has 0 saturated heterocycles. The average Bonchev–Trinajstić information content (AvgIpc) is 2.62. The Kier molecular flexibility index (Phi) is 5.02. The Morgan fingerprint density at radius 1 is 1.00 bits per heavy atom. The van der Waals surface area contributed by atoms with Crippen molar-refractivity contribution in [2.75, 3.05) is 16.0 Å². The SMILES string of the molecule is CC(C)C(=O)Nc1ccc(NC(=O)[C@H]2CC(=O)Nc3ccccc32)cc1. The van der Waals surface area contributed by atoms with Crippen molar-refractivity contribution < 1.29 is 14.4 Å². The number of rotatable bonds is 4. The maximum atomic E-state index is 12.7. The molecular formula is C20H21N3O3. The lowest BCUT2D eigenvalue weighted by Crippen LogP contribution is -2.30. The fraction of sp³-hybridized carbons (Fsp3) is 0.250. The van der Waals surface area contributed by atoms with E-state index in [-0.39, 0.29) is 30.1 Å². The summed E-state index contributed by atoms with van der Waals surface area (Å²) in [5, 5.41) is 8.43. The molecule has 0 aliphatic carbocycles. The van der Waals surface area contributed by atoms with Crippen LogP contribution < -0.4 is 16.0 Å². The van der Waals surface area contributed by atoms with Crippen LogP contribution in [0.3, 0.4) is 0 Å². The summed E-state index contributed by atoms with van der Waals surface area (Å²) in [6.45, 7) is 3.64. The molecule has 0 unspecified atom stereocenters. The van der Waals surface area contributed by atoms with Crippen molar-refractivity contribution in [2.24, 2.45) is 5.92 Å². The Morgan fingerprint density at radius 3 is 2.27 bits per heavy atom. The van der Waals surface area contributed by atoms with E-state index in [1.54, 1.807) is 30.3 Å². The van der Waals surface area contributed by atoms with Crippen molar-refractivity contribution in [1.82, 2.24) is 0 Å². The van der Waals surface area contributed by atoms with Gasteiger partial charge in [0.2, 0.25) is 17.7 Å². The van der Waals surface area contributed by atoms with Gasteiger partial charge in [0.15, 0.2) is 0 Å². The number of carbonyl (C=O) groups is 3. The molecule has 0 saturated carbocycles. The molecule has 0 spiro atoms. The van der Waals surface area contributed by atoms with E-state index in [1.165, 1.54) is 0 Å². The second kappa shape index (κ2) is 7.39. The average molecular weight is 351 g/mol. The third-order valence-electron chi connectivity index (χ3n) is 4.26. The highest BCUT2D eigenvalue weighted by Gasteiger charge is 2.30. The maximum Gasteiger partial charge on any atom is 0.232 e. The van der Waals surface area contributed by atoms with E-state index in [4.69, 9.17) is 0 Å². The molecule has 1 aliphatic rings. The van der Waals surface area contributed by atoms with Crippen LogP contribution in [0.4, 0.5) is 17.1 Å². The van der Waals surface area contributed by atoms with Crippen molar-refractivity contribution in [3.8, 4) is 0 Å². The van der Waals surface area contributed by atoms with Gasteiger partial charge in [-0.3, -0.25) is 14.4 Å². The van der Waals surface area contributed by atoms with Gasteiger partial charge in [0.05, 0.1) is 5.92 Å². The number of hydrogen-bond donors (Lipinski definition) is 3. The van der Waals surface area contributed by atoms with Crippen molar-refractivity contribution in [3.63, 3.8) is 0 Å². The zero-order chi connectivity index (χ0) is 18.7. The molecule has 134 valence electrons. The fourth-order valence-electron chi connectivity index (χ4n) is 2.80. The normalized spacial score (nSPS) is 15.8. The standard InChI is InChI=1S/C20H21N3O3/c1-12(2)19(25)21-13-7-9-14(10-8-13)22-20(26)16-11-18(24)23-17-6-4-3-5-15(16)17/h3-10,12,16H,11H2,1-2H3,(H,21,25)(H,22,26)(H,23,24)/t16-/m0/s1. The van der Waals surface area contributed by atoms with Crippen LogP contribution in [0.25, 0.3) is 0 Å². The topological polar surface area (TPSA) is 87.3 Å². The van der Waals surface area contributed by atoms with Crippen LogP contribution in [0, 0.1) is 5.92 Å². The molecule has 0 aromatic heterocycles. The Bertz CT molecular complexity index is 844. The predicted molar refractivity (Wildman–Crippen MR) is 101 cm³/mol. The number of hydrogen-bond acceptors (Lipinski definition) is 3. The Balaban J connectivity index is 1.70. The zero-order valence-corrected chi connectivity index (χ0v) is 14.7. The Hall–Kier alpha value is -3.15. The first-order valence-electron chi connectivity index (χ1n) is 8.54. The Morgan fingerprint density at radius 2 is 1.62 bits per heavy atom. The van der Waals surface area contributed by atoms with Gasteiger partial charge in [0.1, 0.15) is 0 Å². The van der Waals surface area contributed by atoms with Crippen molar-refractivity contribution in [2.45, 2.75) is 26.2 Å². The number of anilines is 3. The molecule has 3 rings (SSSR count). The van der Waals surface area contributed by atoms with Gasteiger partial charge in [-0.05, 0) is 35.9 Å². The zero-order valence-electron chi connectivity index (χ0n) is 14.7. The van der Waals surface area contributed by atoms with Crippen LogP contribution >= 0.6 is 0 Å². The number of fused-ring (bicyclic) bond motifs is 1. The first kappa shape index (κ1) is 17.7. The van der Waals surface area contributed by atoms with Gasteiger partial charge < -0.3 is 16.0 Å². The molecule has 6 heteroatoms. The minimum absolute atomic E-state index is 0.0633. The molecule has 1 heterocycles. The first-order chi connectivity index (χ1) is 12.4. The molecule has 3 N–H and O–H groups in total. The van der Waals surface area contributed by atoms with Crippen molar-refractivity contribution in [1.29, 1.82) is 0 Å². The van der Waals surface area contributed by atoms with E-state index >= 15 is 0 Å². The monoisotopic (exact) mass is 351 g/mol. The summed E-state index contributed by atoms with van der Waals surface area (Å²) in [5.41, 5.74) is 2.77. The highest BCUT2D eigenvalue weighted by molar-refractivity contribution is 6.05. The van der Waals surface area contributed by atoms with Gasteiger partial charge in [0.25, 0.3) is 0 Å².